The Balaban J connectivity index is 1.58. The first kappa shape index (κ1) is 9.71. The van der Waals surface area contributed by atoms with Gasteiger partial charge >= 0.3 is 0 Å². The van der Waals surface area contributed by atoms with E-state index in [9.17, 15) is 5.48 Å². The molecule has 0 fully saturated rings. The van der Waals surface area contributed by atoms with Gasteiger partial charge in [-0.25, -0.2) is 15.0 Å². The lowest BCUT2D eigenvalue weighted by Gasteiger charge is -2.13. The van der Waals surface area contributed by atoms with Gasteiger partial charge in [0.25, 0.3) is 0 Å². The van der Waals surface area contributed by atoms with Crippen LogP contribution >= 0.6 is 0 Å². The SMILES string of the molecule is [2H]c1c([2H])c([2H])c(-c2nc(-c3c([2H])c([2H])c([2H])c([2H])c3[2H])nc(-c3c([2H])c([2H])c([2H])c(-c4c([2H])c([2H])c5c6c([2H])c([2H])c([2H])c([2H])c6c6c([2H])c([2H])c([2H])c([2H])c6c5c4[2H])c3[2H])n2)c([2H])c1[2H]. The third-order valence-corrected chi connectivity index (χ3v) is 6.12. The molecule has 0 saturated carbocycles. The predicted octanol–water partition coefficient (Wildman–Crippen LogP) is 10.00. The van der Waals surface area contributed by atoms with Crippen LogP contribution < -0.4 is 0 Å². The molecule has 42 heavy (non-hydrogen) atoms. The number of aromatic nitrogens is 3. The second kappa shape index (κ2) is 10.1. The van der Waals surface area contributed by atoms with Gasteiger partial charge in [-0.1, -0.05) is 139 Å². The first-order valence-electron chi connectivity index (χ1n) is 24.6. The minimum Gasteiger partial charge on any atom is -0.208 e. The number of benzene rings is 7. The van der Waals surface area contributed by atoms with Crippen molar-refractivity contribution in [3.63, 3.8) is 0 Å². The van der Waals surface area contributed by atoms with Crippen LogP contribution in [0.1, 0.15) is 34.3 Å². The van der Waals surface area contributed by atoms with Crippen LogP contribution in [-0.2, 0) is 0 Å². The Morgan fingerprint density at radius 2 is 0.667 bits per heavy atom. The molecule has 7 aromatic carbocycles. The van der Waals surface area contributed by atoms with E-state index in [1.54, 1.807) is 0 Å². The molecule has 0 amide bonds. The van der Waals surface area contributed by atoms with Crippen molar-refractivity contribution in [2.24, 2.45) is 0 Å². The maximum atomic E-state index is 9.63. The fraction of sp³-hybridized carbons (Fsp3) is 0. The average Bonchev–Trinajstić information content (AvgIpc) is 3.29. The van der Waals surface area contributed by atoms with Crippen molar-refractivity contribution >= 4 is 32.3 Å². The maximum Gasteiger partial charge on any atom is 0.164 e. The van der Waals surface area contributed by atoms with E-state index in [-0.39, 0.29) is 0 Å². The van der Waals surface area contributed by atoms with Crippen LogP contribution in [0.25, 0.3) is 77.6 Å². The third kappa shape index (κ3) is 4.20. The van der Waals surface area contributed by atoms with Crippen LogP contribution in [0.2, 0.25) is 0 Å². The minimum absolute atomic E-state index is 0.447. The zero-order valence-corrected chi connectivity index (χ0v) is 20.8. The fourth-order valence-electron chi connectivity index (χ4n) is 4.30. The fourth-order valence-corrected chi connectivity index (χ4v) is 4.30. The summed E-state index contributed by atoms with van der Waals surface area (Å²) in [7, 11) is 0. The first-order chi connectivity index (χ1) is 31.2. The number of hydrogen-bond acceptors (Lipinski definition) is 3. The smallest absolute Gasteiger partial charge is 0.164 e. The lowest BCUT2D eigenvalue weighted by molar-refractivity contribution is 1.07. The molecular formula is C39H25N3. The van der Waals surface area contributed by atoms with Gasteiger partial charge in [-0.15, -0.1) is 0 Å². The largest absolute Gasteiger partial charge is 0.208 e. The Labute approximate surface area is 278 Å². The summed E-state index contributed by atoms with van der Waals surface area (Å²) in [6.45, 7) is 0. The Bertz CT molecular complexity index is 3460. The van der Waals surface area contributed by atoms with Crippen molar-refractivity contribution in [1.29, 1.82) is 0 Å². The predicted molar refractivity (Wildman–Crippen MR) is 174 cm³/mol. The van der Waals surface area contributed by atoms with E-state index in [0.29, 0.717) is 0 Å². The van der Waals surface area contributed by atoms with E-state index < -0.39 is 229 Å². The van der Waals surface area contributed by atoms with Crippen LogP contribution in [0.4, 0.5) is 0 Å². The van der Waals surface area contributed by atoms with Crippen molar-refractivity contribution in [3.8, 4) is 45.3 Å². The molecule has 0 saturated heterocycles. The molecule has 0 aliphatic heterocycles. The number of nitrogens with zero attached hydrogens (tertiary/aromatic N) is 3. The van der Waals surface area contributed by atoms with Gasteiger partial charge in [-0.05, 0) is 55.5 Å². The summed E-state index contributed by atoms with van der Waals surface area (Å²) >= 11 is 0. The number of fused-ring (bicyclic) bond motifs is 6. The van der Waals surface area contributed by atoms with E-state index >= 15 is 0 Å². The molecule has 8 aromatic rings. The van der Waals surface area contributed by atoms with E-state index in [0.717, 1.165) is 0 Å². The highest BCUT2D eigenvalue weighted by Crippen LogP contribution is 2.37. The third-order valence-electron chi connectivity index (χ3n) is 6.12. The van der Waals surface area contributed by atoms with Crippen molar-refractivity contribution in [3.05, 3.63) is 151 Å². The van der Waals surface area contributed by atoms with Crippen molar-refractivity contribution in [2.75, 3.05) is 0 Å². The van der Waals surface area contributed by atoms with Gasteiger partial charge in [-0.3, -0.25) is 0 Å². The second-order valence-electron chi connectivity index (χ2n) is 8.56. The molecule has 0 bridgehead atoms. The zero-order valence-electron chi connectivity index (χ0n) is 45.8. The first-order valence-corrected chi connectivity index (χ1v) is 12.1. The van der Waals surface area contributed by atoms with E-state index in [1.165, 1.54) is 0 Å². The van der Waals surface area contributed by atoms with Crippen molar-refractivity contribution < 1.29 is 34.3 Å². The zero-order chi connectivity index (χ0) is 49.6. The van der Waals surface area contributed by atoms with Crippen molar-refractivity contribution in [1.82, 2.24) is 15.0 Å². The number of hydrogen-bond donors (Lipinski definition) is 0. The minimum atomic E-state index is -1.03. The van der Waals surface area contributed by atoms with Crippen LogP contribution in [0.3, 0.4) is 0 Å². The summed E-state index contributed by atoms with van der Waals surface area (Å²) in [5.74, 6) is -2.47. The maximum absolute atomic E-state index is 9.63. The van der Waals surface area contributed by atoms with E-state index in [4.69, 9.17) is 28.8 Å². The van der Waals surface area contributed by atoms with Gasteiger partial charge in [0.15, 0.2) is 17.5 Å². The van der Waals surface area contributed by atoms with Gasteiger partial charge in [0.1, 0.15) is 0 Å². The molecule has 3 heteroatoms. The molecule has 196 valence electrons. The van der Waals surface area contributed by atoms with Crippen LogP contribution in [0.15, 0.2) is 151 Å². The molecule has 0 N–H and O–H groups in total. The normalized spacial score (nSPS) is 19.7. The molecular weight excluding hydrogens is 510 g/mol. The molecule has 0 aliphatic carbocycles. The van der Waals surface area contributed by atoms with Crippen LogP contribution in [0, 0.1) is 0 Å². The van der Waals surface area contributed by atoms with E-state index in [2.05, 4.69) is 15.0 Å². The molecule has 1 heterocycles. The highest BCUT2D eigenvalue weighted by atomic mass is 15.0. The lowest BCUT2D eigenvalue weighted by atomic mass is 9.92. The molecule has 0 spiro atoms. The molecule has 8 rings (SSSR count). The Morgan fingerprint density at radius 1 is 0.286 bits per heavy atom. The van der Waals surface area contributed by atoms with Gasteiger partial charge in [-0.2, -0.15) is 0 Å². The van der Waals surface area contributed by atoms with Gasteiger partial charge in [0.2, 0.25) is 0 Å². The van der Waals surface area contributed by atoms with Gasteiger partial charge in [0, 0.05) is 16.7 Å². The summed E-state index contributed by atoms with van der Waals surface area (Å²) in [4.78, 5) is 12.6. The highest BCUT2D eigenvalue weighted by molar-refractivity contribution is 6.25. The molecule has 0 unspecified atom stereocenters. The summed E-state index contributed by atoms with van der Waals surface area (Å²) in [5.41, 5.74) is -3.88. The summed E-state index contributed by atoms with van der Waals surface area (Å²) < 4.78 is 218. The van der Waals surface area contributed by atoms with Crippen molar-refractivity contribution in [2.45, 2.75) is 0 Å². The Morgan fingerprint density at radius 3 is 1.21 bits per heavy atom. The molecule has 1 aromatic heterocycles. The summed E-state index contributed by atoms with van der Waals surface area (Å²) in [6, 6.07) is -21.9. The molecule has 0 aliphatic rings. The molecule has 0 atom stereocenters. The monoisotopic (exact) mass is 560 g/mol. The average molecular weight is 561 g/mol. The quantitative estimate of drug-likeness (QED) is 0.201. The number of rotatable bonds is 4. The molecule has 3 nitrogen and oxygen atoms in total. The van der Waals surface area contributed by atoms with E-state index in [1.807, 2.05) is 0 Å². The Kier molecular flexibility index (Phi) is 2.33. The highest BCUT2D eigenvalue weighted by Gasteiger charge is 2.14. The second-order valence-corrected chi connectivity index (χ2v) is 8.56. The van der Waals surface area contributed by atoms with Crippen LogP contribution in [0.5, 0.6) is 0 Å². The Hall–Kier alpha value is -5.67. The lowest BCUT2D eigenvalue weighted by Crippen LogP contribution is -2.00. The molecule has 0 radical (unpaired) electrons. The topological polar surface area (TPSA) is 38.7 Å². The summed E-state index contributed by atoms with van der Waals surface area (Å²) in [5, 5.41) is -3.03. The summed E-state index contributed by atoms with van der Waals surface area (Å²) in [6.07, 6.45) is 0. The van der Waals surface area contributed by atoms with Gasteiger partial charge in [0.05, 0.1) is 34.3 Å². The van der Waals surface area contributed by atoms with Gasteiger partial charge < -0.3 is 0 Å². The van der Waals surface area contributed by atoms with Crippen LogP contribution in [-0.4, -0.2) is 15.0 Å². The standard InChI is InChI=1S/C39H25N3/c1-3-12-26(13-4-1)37-40-38(27-14-5-2-6-15-27)42-39(41-37)30-17-11-16-28(24-30)29-22-23-35-33-20-8-7-18-31(33)32-19-9-10-21-34(32)36(35)25-29/h1-25H/i1D,2D,3D,4D,5D,6D,7D,8D,9D,10D,11D,12D,13D,14D,15D,16D,17D,18D,19D,20D,21D,22D,23D,24D,25D.